The molecule has 0 aliphatic carbocycles. The molecule has 3 nitrogen and oxygen atoms in total. The lowest BCUT2D eigenvalue weighted by molar-refractivity contribution is -0.145. The maximum absolute atomic E-state index is 11.5. The molecular formula is C18H19ClO3. The van der Waals surface area contributed by atoms with E-state index in [2.05, 4.69) is 13.8 Å². The second kappa shape index (κ2) is 7.32. The molecule has 2 aromatic carbocycles. The number of halogens is 1. The fraction of sp³-hybridized carbons (Fsp3) is 0.278. The number of ether oxygens (including phenoxy) is 1. The maximum Gasteiger partial charge on any atom is 0.345 e. The van der Waals surface area contributed by atoms with E-state index in [-0.39, 0.29) is 5.92 Å². The van der Waals surface area contributed by atoms with Gasteiger partial charge in [0.15, 0.2) is 6.10 Å². The predicted octanol–water partition coefficient (Wildman–Crippen LogP) is 4.54. The lowest BCUT2D eigenvalue weighted by Crippen LogP contribution is -2.29. The summed E-state index contributed by atoms with van der Waals surface area (Å²) in [5.74, 6) is -0.0893. The molecule has 0 saturated carbocycles. The zero-order chi connectivity index (χ0) is 16.1. The van der Waals surface area contributed by atoms with Crippen molar-refractivity contribution in [2.45, 2.75) is 32.3 Å². The summed E-state index contributed by atoms with van der Waals surface area (Å²) < 4.78 is 5.77. The molecule has 1 N–H and O–H groups in total. The van der Waals surface area contributed by atoms with Crippen LogP contribution in [0.2, 0.25) is 5.02 Å². The molecule has 4 heteroatoms. The SMILES string of the molecule is CC(C)c1ccccc1O[C@H](Cc1ccc(Cl)cc1)C(=O)O. The standard InChI is InChI=1S/C18H19ClO3/c1-12(2)15-5-3-4-6-16(15)22-17(18(20)21)11-13-7-9-14(19)10-8-13/h3-10,12,17H,11H2,1-2H3,(H,20,21)/t17-/m1/s1. The zero-order valence-electron chi connectivity index (χ0n) is 12.6. The van der Waals surface area contributed by atoms with Gasteiger partial charge in [-0.3, -0.25) is 0 Å². The average molecular weight is 319 g/mol. The minimum absolute atomic E-state index is 0.265. The molecule has 0 radical (unpaired) electrons. The van der Waals surface area contributed by atoms with Crippen LogP contribution in [0.4, 0.5) is 0 Å². The normalized spacial score (nSPS) is 12.2. The second-order valence-electron chi connectivity index (χ2n) is 5.47. The summed E-state index contributed by atoms with van der Waals surface area (Å²) in [4.78, 5) is 11.5. The van der Waals surface area contributed by atoms with Crippen LogP contribution >= 0.6 is 11.6 Å². The molecule has 0 aromatic heterocycles. The van der Waals surface area contributed by atoms with Crippen LogP contribution in [0, 0.1) is 0 Å². The Morgan fingerprint density at radius 2 is 1.77 bits per heavy atom. The van der Waals surface area contributed by atoms with Crippen molar-refractivity contribution < 1.29 is 14.6 Å². The third-order valence-corrected chi connectivity index (χ3v) is 3.67. The number of para-hydroxylation sites is 1. The van der Waals surface area contributed by atoms with Gasteiger partial charge in [0.25, 0.3) is 0 Å². The van der Waals surface area contributed by atoms with Gasteiger partial charge in [-0.25, -0.2) is 4.79 Å². The highest BCUT2D eigenvalue weighted by Gasteiger charge is 2.21. The van der Waals surface area contributed by atoms with E-state index in [0.717, 1.165) is 11.1 Å². The van der Waals surface area contributed by atoms with Gasteiger partial charge in [-0.1, -0.05) is 55.8 Å². The summed E-state index contributed by atoms with van der Waals surface area (Å²) in [6, 6.07) is 14.7. The first-order valence-corrected chi connectivity index (χ1v) is 7.58. The van der Waals surface area contributed by atoms with Crippen LogP contribution < -0.4 is 4.74 Å². The molecule has 2 aromatic rings. The molecule has 0 unspecified atom stereocenters. The molecule has 0 amide bonds. The fourth-order valence-corrected chi connectivity index (χ4v) is 2.36. The topological polar surface area (TPSA) is 46.5 Å². The lowest BCUT2D eigenvalue weighted by atomic mass is 10.0. The summed E-state index contributed by atoms with van der Waals surface area (Å²) in [5, 5.41) is 10.1. The van der Waals surface area contributed by atoms with Crippen LogP contribution in [-0.2, 0) is 11.2 Å². The molecular weight excluding hydrogens is 300 g/mol. The van der Waals surface area contributed by atoms with E-state index in [1.165, 1.54) is 0 Å². The molecule has 116 valence electrons. The minimum atomic E-state index is -0.978. The average Bonchev–Trinajstić information content (AvgIpc) is 2.49. The second-order valence-corrected chi connectivity index (χ2v) is 5.90. The van der Waals surface area contributed by atoms with E-state index in [0.29, 0.717) is 17.2 Å². The molecule has 1 atom stereocenters. The Morgan fingerprint density at radius 1 is 1.14 bits per heavy atom. The third kappa shape index (κ3) is 4.25. The fourth-order valence-electron chi connectivity index (χ4n) is 2.23. The molecule has 0 saturated heterocycles. The van der Waals surface area contributed by atoms with E-state index in [4.69, 9.17) is 16.3 Å². The smallest absolute Gasteiger partial charge is 0.345 e. The Kier molecular flexibility index (Phi) is 5.45. The van der Waals surface area contributed by atoms with Gasteiger partial charge in [-0.05, 0) is 35.2 Å². The van der Waals surface area contributed by atoms with Crippen molar-refractivity contribution in [1.29, 1.82) is 0 Å². The summed E-state index contributed by atoms with van der Waals surface area (Å²) in [6.07, 6.45) is -0.639. The number of benzene rings is 2. The van der Waals surface area contributed by atoms with Gasteiger partial charge in [0.1, 0.15) is 5.75 Å². The first kappa shape index (κ1) is 16.4. The predicted molar refractivity (Wildman–Crippen MR) is 87.7 cm³/mol. The van der Waals surface area contributed by atoms with Crippen molar-refractivity contribution in [2.24, 2.45) is 0 Å². The van der Waals surface area contributed by atoms with E-state index in [1.54, 1.807) is 12.1 Å². The summed E-state index contributed by atoms with van der Waals surface area (Å²) in [5.41, 5.74) is 1.88. The van der Waals surface area contributed by atoms with Gasteiger partial charge >= 0.3 is 5.97 Å². The highest BCUT2D eigenvalue weighted by Crippen LogP contribution is 2.27. The first-order chi connectivity index (χ1) is 10.5. The summed E-state index contributed by atoms with van der Waals surface area (Å²) in [7, 11) is 0. The van der Waals surface area contributed by atoms with Crippen LogP contribution in [0.5, 0.6) is 5.75 Å². The van der Waals surface area contributed by atoms with Crippen molar-refractivity contribution in [3.8, 4) is 5.75 Å². The van der Waals surface area contributed by atoms with Crippen LogP contribution in [0.25, 0.3) is 0 Å². The van der Waals surface area contributed by atoms with Gasteiger partial charge in [-0.15, -0.1) is 0 Å². The van der Waals surface area contributed by atoms with Gasteiger partial charge in [0.2, 0.25) is 0 Å². The first-order valence-electron chi connectivity index (χ1n) is 7.20. The highest BCUT2D eigenvalue weighted by atomic mass is 35.5. The summed E-state index contributed by atoms with van der Waals surface area (Å²) in [6.45, 7) is 4.11. The number of aliphatic carboxylic acids is 1. The van der Waals surface area contributed by atoms with Gasteiger partial charge in [0.05, 0.1) is 0 Å². The van der Waals surface area contributed by atoms with Gasteiger partial charge < -0.3 is 9.84 Å². The van der Waals surface area contributed by atoms with E-state index in [9.17, 15) is 9.90 Å². The Morgan fingerprint density at radius 3 is 2.36 bits per heavy atom. The Bertz CT molecular complexity index is 635. The number of carboxylic acids is 1. The van der Waals surface area contributed by atoms with Crippen LogP contribution in [0.1, 0.15) is 30.9 Å². The van der Waals surface area contributed by atoms with Crippen molar-refractivity contribution >= 4 is 17.6 Å². The highest BCUT2D eigenvalue weighted by molar-refractivity contribution is 6.30. The molecule has 0 aliphatic heterocycles. The van der Waals surface area contributed by atoms with Crippen molar-refractivity contribution in [2.75, 3.05) is 0 Å². The number of carboxylic acid groups (broad SMARTS) is 1. The van der Waals surface area contributed by atoms with Gasteiger partial charge in [0, 0.05) is 11.4 Å². The number of hydrogen-bond donors (Lipinski definition) is 1. The number of carbonyl (C=O) groups is 1. The minimum Gasteiger partial charge on any atom is -0.478 e. The summed E-state index contributed by atoms with van der Waals surface area (Å²) >= 11 is 5.85. The third-order valence-electron chi connectivity index (χ3n) is 3.42. The monoisotopic (exact) mass is 318 g/mol. The van der Waals surface area contributed by atoms with Crippen LogP contribution in [-0.4, -0.2) is 17.2 Å². The van der Waals surface area contributed by atoms with E-state index >= 15 is 0 Å². The van der Waals surface area contributed by atoms with Crippen LogP contribution in [0.15, 0.2) is 48.5 Å². The van der Waals surface area contributed by atoms with E-state index < -0.39 is 12.1 Å². The Hall–Kier alpha value is -2.00. The molecule has 0 aliphatic rings. The van der Waals surface area contributed by atoms with Gasteiger partial charge in [-0.2, -0.15) is 0 Å². The largest absolute Gasteiger partial charge is 0.478 e. The van der Waals surface area contributed by atoms with Crippen molar-refractivity contribution in [3.05, 3.63) is 64.7 Å². The molecule has 0 heterocycles. The Labute approximate surface area is 135 Å². The maximum atomic E-state index is 11.5. The number of rotatable bonds is 6. The van der Waals surface area contributed by atoms with E-state index in [1.807, 2.05) is 36.4 Å². The molecule has 0 bridgehead atoms. The quantitative estimate of drug-likeness (QED) is 0.850. The molecule has 2 rings (SSSR count). The van der Waals surface area contributed by atoms with Crippen LogP contribution in [0.3, 0.4) is 0 Å². The lowest BCUT2D eigenvalue weighted by Gasteiger charge is -2.19. The molecule has 22 heavy (non-hydrogen) atoms. The number of hydrogen-bond acceptors (Lipinski definition) is 2. The van der Waals surface area contributed by atoms with Crippen molar-refractivity contribution in [3.63, 3.8) is 0 Å². The Balaban J connectivity index is 2.19. The zero-order valence-corrected chi connectivity index (χ0v) is 13.4. The molecule has 0 fully saturated rings. The van der Waals surface area contributed by atoms with Crippen molar-refractivity contribution in [1.82, 2.24) is 0 Å². The molecule has 0 spiro atoms.